The maximum atomic E-state index is 12.8. The van der Waals surface area contributed by atoms with Gasteiger partial charge in [-0.2, -0.15) is 5.10 Å². The molecule has 4 heterocycles. The van der Waals surface area contributed by atoms with E-state index in [0.29, 0.717) is 13.1 Å². The van der Waals surface area contributed by atoms with Gasteiger partial charge in [0, 0.05) is 37.7 Å². The van der Waals surface area contributed by atoms with E-state index >= 15 is 0 Å². The molecule has 0 amide bonds. The summed E-state index contributed by atoms with van der Waals surface area (Å²) in [7, 11) is 0. The summed E-state index contributed by atoms with van der Waals surface area (Å²) in [6.07, 6.45) is 3.54. The second kappa shape index (κ2) is 7.08. The SMILES string of the molecule is O=c1c(=O)n2c(nn1Cc1ccccc1)CC1(CCN(Cc3ccccn3)C1)C2. The molecule has 1 fully saturated rings. The summed E-state index contributed by atoms with van der Waals surface area (Å²) in [4.78, 5) is 32.1. The molecule has 0 N–H and O–H groups in total. The molecule has 1 atom stereocenters. The van der Waals surface area contributed by atoms with E-state index in [1.807, 2.05) is 54.7 Å². The van der Waals surface area contributed by atoms with Gasteiger partial charge in [-0.05, 0) is 30.7 Å². The van der Waals surface area contributed by atoms with Crippen LogP contribution in [0.15, 0.2) is 64.3 Å². The van der Waals surface area contributed by atoms with Crippen LogP contribution in [0.3, 0.4) is 0 Å². The summed E-state index contributed by atoms with van der Waals surface area (Å²) in [5.74, 6) is 0.727. The molecule has 7 nitrogen and oxygen atoms in total. The molecule has 2 aromatic heterocycles. The molecule has 2 aliphatic heterocycles. The van der Waals surface area contributed by atoms with Crippen LogP contribution in [0.5, 0.6) is 0 Å². The van der Waals surface area contributed by atoms with Crippen LogP contribution in [-0.4, -0.2) is 37.3 Å². The topological polar surface area (TPSA) is 73.0 Å². The summed E-state index contributed by atoms with van der Waals surface area (Å²) in [6, 6.07) is 15.6. The van der Waals surface area contributed by atoms with E-state index in [-0.39, 0.29) is 5.41 Å². The van der Waals surface area contributed by atoms with Crippen molar-refractivity contribution in [2.24, 2.45) is 5.41 Å². The molecule has 148 valence electrons. The normalized spacial score (nSPS) is 21.0. The molecule has 0 radical (unpaired) electrons. The van der Waals surface area contributed by atoms with Crippen LogP contribution in [0, 0.1) is 5.41 Å². The molecule has 1 aromatic carbocycles. The zero-order valence-electron chi connectivity index (χ0n) is 16.2. The Labute approximate surface area is 168 Å². The number of nitrogens with zero attached hydrogens (tertiary/aromatic N) is 5. The first kappa shape index (κ1) is 18.0. The van der Waals surface area contributed by atoms with Crippen LogP contribution in [0.2, 0.25) is 0 Å². The van der Waals surface area contributed by atoms with Crippen LogP contribution < -0.4 is 11.1 Å². The second-order valence-electron chi connectivity index (χ2n) is 8.21. The molecule has 2 aliphatic rings. The van der Waals surface area contributed by atoms with E-state index in [2.05, 4.69) is 15.0 Å². The maximum Gasteiger partial charge on any atom is 0.332 e. The van der Waals surface area contributed by atoms with Crippen LogP contribution in [-0.2, 0) is 26.1 Å². The third-order valence-electron chi connectivity index (χ3n) is 6.04. The van der Waals surface area contributed by atoms with Gasteiger partial charge in [0.05, 0.1) is 12.2 Å². The van der Waals surface area contributed by atoms with E-state index < -0.39 is 11.1 Å². The highest BCUT2D eigenvalue weighted by atomic mass is 16.2. The molecular weight excluding hydrogens is 366 g/mol. The third-order valence-corrected chi connectivity index (χ3v) is 6.04. The number of hydrogen-bond donors (Lipinski definition) is 0. The Hall–Kier alpha value is -3.06. The highest BCUT2D eigenvalue weighted by Crippen LogP contribution is 2.39. The van der Waals surface area contributed by atoms with Gasteiger partial charge in [0.25, 0.3) is 0 Å². The van der Waals surface area contributed by atoms with E-state index in [1.54, 1.807) is 4.57 Å². The Morgan fingerprint density at radius 1 is 0.931 bits per heavy atom. The number of rotatable bonds is 4. The lowest BCUT2D eigenvalue weighted by molar-refractivity contribution is 0.245. The lowest BCUT2D eigenvalue weighted by Crippen LogP contribution is -2.43. The highest BCUT2D eigenvalue weighted by molar-refractivity contribution is 5.15. The number of hydrogen-bond acceptors (Lipinski definition) is 5. The van der Waals surface area contributed by atoms with Crippen LogP contribution in [0.1, 0.15) is 23.5 Å². The molecule has 29 heavy (non-hydrogen) atoms. The number of pyridine rings is 1. The molecule has 1 saturated heterocycles. The molecule has 0 bridgehead atoms. The lowest BCUT2D eigenvalue weighted by Gasteiger charge is -2.22. The predicted octanol–water partition coefficient (Wildman–Crippen LogP) is 1.30. The van der Waals surface area contributed by atoms with Gasteiger partial charge in [0.15, 0.2) is 0 Å². The number of fused-ring (bicyclic) bond motifs is 1. The van der Waals surface area contributed by atoms with Gasteiger partial charge in [0.2, 0.25) is 0 Å². The Balaban J connectivity index is 1.37. The minimum absolute atomic E-state index is 0.0215. The number of benzene rings is 1. The average Bonchev–Trinajstić information content (AvgIpc) is 3.30. The zero-order chi connectivity index (χ0) is 19.8. The molecule has 1 unspecified atom stereocenters. The lowest BCUT2D eigenvalue weighted by atomic mass is 9.86. The summed E-state index contributed by atoms with van der Waals surface area (Å²) in [5.41, 5.74) is 0.996. The molecule has 3 aromatic rings. The van der Waals surface area contributed by atoms with E-state index in [0.717, 1.165) is 49.6 Å². The van der Waals surface area contributed by atoms with Crippen molar-refractivity contribution in [2.45, 2.75) is 32.5 Å². The second-order valence-corrected chi connectivity index (χ2v) is 8.21. The summed E-state index contributed by atoms with van der Waals surface area (Å²) < 4.78 is 2.93. The molecular formula is C22H23N5O2. The van der Waals surface area contributed by atoms with E-state index in [1.165, 1.54) is 4.68 Å². The molecule has 1 spiro atoms. The zero-order valence-corrected chi connectivity index (χ0v) is 16.2. The van der Waals surface area contributed by atoms with Crippen LogP contribution in [0.4, 0.5) is 0 Å². The first-order chi connectivity index (χ1) is 14.1. The van der Waals surface area contributed by atoms with Crippen molar-refractivity contribution < 1.29 is 0 Å². The van der Waals surface area contributed by atoms with Crippen molar-refractivity contribution >= 4 is 0 Å². The maximum absolute atomic E-state index is 12.8. The summed E-state index contributed by atoms with van der Waals surface area (Å²) in [5, 5.41) is 4.57. The van der Waals surface area contributed by atoms with Crippen molar-refractivity contribution in [1.82, 2.24) is 24.2 Å². The first-order valence-electron chi connectivity index (χ1n) is 9.99. The smallest absolute Gasteiger partial charge is 0.297 e. The quantitative estimate of drug-likeness (QED) is 0.629. The number of aromatic nitrogens is 4. The Kier molecular flexibility index (Phi) is 4.39. The summed E-state index contributed by atoms with van der Waals surface area (Å²) in [6.45, 7) is 3.56. The minimum atomic E-state index is -0.544. The largest absolute Gasteiger partial charge is 0.332 e. The van der Waals surface area contributed by atoms with Crippen molar-refractivity contribution in [3.8, 4) is 0 Å². The van der Waals surface area contributed by atoms with Gasteiger partial charge >= 0.3 is 11.1 Å². The summed E-state index contributed by atoms with van der Waals surface area (Å²) >= 11 is 0. The standard InChI is InChI=1S/C22H23N5O2/c28-20-21(29)27(13-17-6-2-1-3-7-17)24-19-12-22(16-26(19)20)9-11-25(15-22)14-18-8-4-5-10-23-18/h1-8,10H,9,11-16H2. The van der Waals surface area contributed by atoms with Gasteiger partial charge in [0.1, 0.15) is 5.82 Å². The monoisotopic (exact) mass is 389 g/mol. The van der Waals surface area contributed by atoms with Gasteiger partial charge in [-0.1, -0.05) is 36.4 Å². The minimum Gasteiger partial charge on any atom is -0.297 e. The predicted molar refractivity (Wildman–Crippen MR) is 109 cm³/mol. The van der Waals surface area contributed by atoms with E-state index in [4.69, 9.17) is 0 Å². The van der Waals surface area contributed by atoms with Gasteiger partial charge < -0.3 is 0 Å². The van der Waals surface area contributed by atoms with Gasteiger partial charge in [-0.15, -0.1) is 0 Å². The fraction of sp³-hybridized carbons (Fsp3) is 0.364. The molecule has 5 rings (SSSR count). The van der Waals surface area contributed by atoms with Gasteiger partial charge in [-0.3, -0.25) is 24.0 Å². The average molecular weight is 389 g/mol. The van der Waals surface area contributed by atoms with Crippen molar-refractivity contribution in [1.29, 1.82) is 0 Å². The van der Waals surface area contributed by atoms with Crippen molar-refractivity contribution in [3.63, 3.8) is 0 Å². The fourth-order valence-corrected chi connectivity index (χ4v) is 4.62. The molecule has 7 heteroatoms. The van der Waals surface area contributed by atoms with Crippen molar-refractivity contribution in [3.05, 3.63) is 92.5 Å². The van der Waals surface area contributed by atoms with Gasteiger partial charge in [-0.25, -0.2) is 4.68 Å². The fourth-order valence-electron chi connectivity index (χ4n) is 4.62. The van der Waals surface area contributed by atoms with Crippen LogP contribution >= 0.6 is 0 Å². The van der Waals surface area contributed by atoms with E-state index in [9.17, 15) is 9.59 Å². The van der Waals surface area contributed by atoms with Crippen LogP contribution in [0.25, 0.3) is 0 Å². The Morgan fingerprint density at radius 2 is 1.76 bits per heavy atom. The Morgan fingerprint density at radius 3 is 2.55 bits per heavy atom. The van der Waals surface area contributed by atoms with Crippen molar-refractivity contribution in [2.75, 3.05) is 13.1 Å². The molecule has 0 aliphatic carbocycles. The number of likely N-dealkylation sites (tertiary alicyclic amines) is 1. The first-order valence-corrected chi connectivity index (χ1v) is 9.99. The Bertz CT molecular complexity index is 1140. The third kappa shape index (κ3) is 3.42. The molecule has 0 saturated carbocycles. The highest BCUT2D eigenvalue weighted by Gasteiger charge is 2.44.